The van der Waals surface area contributed by atoms with Crippen molar-refractivity contribution in [3.8, 4) is 5.75 Å². The predicted molar refractivity (Wildman–Crippen MR) is 90.0 cm³/mol. The Morgan fingerprint density at radius 1 is 1.05 bits per heavy atom. The Hall–Kier alpha value is -1.02. The second-order valence-electron chi connectivity index (χ2n) is 6.56. The average molecular weight is 289 g/mol. The molecule has 1 aromatic rings. The van der Waals surface area contributed by atoms with Gasteiger partial charge in [0.15, 0.2) is 0 Å². The van der Waals surface area contributed by atoms with E-state index in [-0.39, 0.29) is 0 Å². The predicted octanol–water partition coefficient (Wildman–Crippen LogP) is 4.58. The smallest absolute Gasteiger partial charge is 0.118 e. The van der Waals surface area contributed by atoms with Crippen LogP contribution in [0.4, 0.5) is 0 Å². The molecule has 118 valence electrons. The minimum Gasteiger partial charge on any atom is -0.497 e. The van der Waals surface area contributed by atoms with E-state index in [1.807, 2.05) is 0 Å². The fourth-order valence-corrected chi connectivity index (χ4v) is 3.61. The molecular weight excluding hydrogens is 258 g/mol. The Kier molecular flexibility index (Phi) is 6.56. The van der Waals surface area contributed by atoms with Gasteiger partial charge in [0.05, 0.1) is 7.11 Å². The van der Waals surface area contributed by atoms with Crippen LogP contribution in [0.1, 0.15) is 57.4 Å². The van der Waals surface area contributed by atoms with Crippen LogP contribution in [-0.2, 0) is 6.42 Å². The van der Waals surface area contributed by atoms with Crippen LogP contribution >= 0.6 is 0 Å². The van der Waals surface area contributed by atoms with Crippen molar-refractivity contribution in [3.63, 3.8) is 0 Å². The number of benzene rings is 1. The number of aryl methyl sites for hydroxylation is 1. The summed E-state index contributed by atoms with van der Waals surface area (Å²) in [4.78, 5) is 0. The minimum atomic E-state index is 0.598. The molecule has 1 fully saturated rings. The van der Waals surface area contributed by atoms with E-state index in [1.165, 1.54) is 63.5 Å². The quantitative estimate of drug-likeness (QED) is 0.672. The summed E-state index contributed by atoms with van der Waals surface area (Å²) in [6.07, 6.45) is 10.8. The van der Waals surface area contributed by atoms with E-state index < -0.39 is 0 Å². The lowest BCUT2D eigenvalue weighted by Crippen LogP contribution is -2.25. The van der Waals surface area contributed by atoms with Gasteiger partial charge in [-0.2, -0.15) is 0 Å². The molecule has 1 aromatic carbocycles. The van der Waals surface area contributed by atoms with E-state index in [9.17, 15) is 0 Å². The third-order valence-corrected chi connectivity index (χ3v) is 5.03. The fourth-order valence-electron chi connectivity index (χ4n) is 3.61. The Balaban J connectivity index is 1.83. The molecule has 0 heterocycles. The average Bonchev–Trinajstić information content (AvgIpc) is 2.99. The molecule has 21 heavy (non-hydrogen) atoms. The third-order valence-electron chi connectivity index (χ3n) is 5.03. The zero-order valence-electron chi connectivity index (χ0n) is 13.8. The Bertz CT molecular complexity index is 393. The van der Waals surface area contributed by atoms with Gasteiger partial charge in [0.2, 0.25) is 0 Å². The van der Waals surface area contributed by atoms with Crippen molar-refractivity contribution in [3.05, 3.63) is 29.8 Å². The summed E-state index contributed by atoms with van der Waals surface area (Å²) in [6.45, 7) is 4.59. The van der Waals surface area contributed by atoms with Gasteiger partial charge in [0, 0.05) is 0 Å². The van der Waals surface area contributed by atoms with Crippen LogP contribution in [-0.4, -0.2) is 20.2 Å². The first-order valence-corrected chi connectivity index (χ1v) is 8.62. The van der Waals surface area contributed by atoms with Gasteiger partial charge >= 0.3 is 0 Å². The summed E-state index contributed by atoms with van der Waals surface area (Å²) < 4.78 is 5.23. The number of hydrogen-bond acceptors (Lipinski definition) is 2. The topological polar surface area (TPSA) is 21.3 Å². The highest BCUT2D eigenvalue weighted by atomic mass is 16.5. The minimum absolute atomic E-state index is 0.598. The Labute approximate surface area is 130 Å². The van der Waals surface area contributed by atoms with Crippen LogP contribution in [0.2, 0.25) is 0 Å². The molecule has 0 spiro atoms. The van der Waals surface area contributed by atoms with Crippen LogP contribution in [0, 0.1) is 5.41 Å². The maximum absolute atomic E-state index is 5.23. The molecule has 0 atom stereocenters. The molecule has 2 nitrogen and oxygen atoms in total. The van der Waals surface area contributed by atoms with Crippen molar-refractivity contribution >= 4 is 0 Å². The fraction of sp³-hybridized carbons (Fsp3) is 0.684. The van der Waals surface area contributed by atoms with Gasteiger partial charge in [-0.25, -0.2) is 0 Å². The van der Waals surface area contributed by atoms with Crippen molar-refractivity contribution in [2.75, 3.05) is 20.2 Å². The summed E-state index contributed by atoms with van der Waals surface area (Å²) in [6, 6.07) is 8.60. The molecule has 1 aliphatic carbocycles. The van der Waals surface area contributed by atoms with Gasteiger partial charge in [-0.1, -0.05) is 31.9 Å². The van der Waals surface area contributed by atoms with Gasteiger partial charge in [0.25, 0.3) is 0 Å². The highest BCUT2D eigenvalue weighted by Crippen LogP contribution is 2.44. The Morgan fingerprint density at radius 3 is 2.38 bits per heavy atom. The van der Waals surface area contributed by atoms with Gasteiger partial charge in [-0.05, 0) is 74.7 Å². The van der Waals surface area contributed by atoms with Crippen LogP contribution in [0.5, 0.6) is 5.75 Å². The zero-order chi connectivity index (χ0) is 15.0. The normalized spacial score (nSPS) is 17.0. The van der Waals surface area contributed by atoms with Crippen molar-refractivity contribution in [2.24, 2.45) is 5.41 Å². The van der Waals surface area contributed by atoms with E-state index in [0.717, 1.165) is 12.3 Å². The maximum atomic E-state index is 5.23. The molecule has 0 unspecified atom stereocenters. The van der Waals surface area contributed by atoms with E-state index in [2.05, 4.69) is 36.5 Å². The molecule has 2 rings (SSSR count). The molecule has 2 heteroatoms. The zero-order valence-corrected chi connectivity index (χ0v) is 13.8. The standard InChI is InChI=1S/C19H31NO/c1-3-15-20-16-14-19(11-4-5-12-19)13-10-17-6-8-18(21-2)9-7-17/h6-9,20H,3-5,10-16H2,1-2H3. The van der Waals surface area contributed by atoms with E-state index >= 15 is 0 Å². The molecule has 0 radical (unpaired) electrons. The number of ether oxygens (including phenoxy) is 1. The summed E-state index contributed by atoms with van der Waals surface area (Å²) in [5, 5.41) is 3.58. The molecule has 0 amide bonds. The summed E-state index contributed by atoms with van der Waals surface area (Å²) in [7, 11) is 1.73. The molecule has 1 aliphatic rings. The lowest BCUT2D eigenvalue weighted by atomic mass is 9.77. The highest BCUT2D eigenvalue weighted by Gasteiger charge is 2.32. The highest BCUT2D eigenvalue weighted by molar-refractivity contribution is 5.27. The summed E-state index contributed by atoms with van der Waals surface area (Å²) in [5.41, 5.74) is 2.05. The van der Waals surface area contributed by atoms with Crippen LogP contribution in [0.15, 0.2) is 24.3 Å². The lowest BCUT2D eigenvalue weighted by molar-refractivity contribution is 0.245. The monoisotopic (exact) mass is 289 g/mol. The largest absolute Gasteiger partial charge is 0.497 e. The van der Waals surface area contributed by atoms with E-state index in [4.69, 9.17) is 4.74 Å². The second-order valence-corrected chi connectivity index (χ2v) is 6.56. The molecule has 0 saturated heterocycles. The number of rotatable bonds is 9. The van der Waals surface area contributed by atoms with E-state index in [1.54, 1.807) is 7.11 Å². The van der Waals surface area contributed by atoms with Crippen molar-refractivity contribution in [1.29, 1.82) is 0 Å². The van der Waals surface area contributed by atoms with Crippen LogP contribution < -0.4 is 10.1 Å². The van der Waals surface area contributed by atoms with Crippen LogP contribution in [0.25, 0.3) is 0 Å². The molecule has 0 bridgehead atoms. The van der Waals surface area contributed by atoms with Gasteiger partial charge in [-0.15, -0.1) is 0 Å². The number of methoxy groups -OCH3 is 1. The SMILES string of the molecule is CCCNCCC1(CCc2ccc(OC)cc2)CCCC1. The first-order chi connectivity index (χ1) is 10.3. The van der Waals surface area contributed by atoms with Gasteiger partial charge in [-0.3, -0.25) is 0 Å². The first-order valence-electron chi connectivity index (χ1n) is 8.62. The lowest BCUT2D eigenvalue weighted by Gasteiger charge is -2.29. The van der Waals surface area contributed by atoms with Gasteiger partial charge < -0.3 is 10.1 Å². The summed E-state index contributed by atoms with van der Waals surface area (Å²) in [5.74, 6) is 0.957. The van der Waals surface area contributed by atoms with E-state index in [0.29, 0.717) is 5.41 Å². The first kappa shape index (κ1) is 16.4. The molecule has 1 N–H and O–H groups in total. The molecule has 1 saturated carbocycles. The number of nitrogens with one attached hydrogen (secondary N) is 1. The molecule has 0 aromatic heterocycles. The van der Waals surface area contributed by atoms with Crippen molar-refractivity contribution in [2.45, 2.75) is 58.3 Å². The van der Waals surface area contributed by atoms with Crippen molar-refractivity contribution < 1.29 is 4.74 Å². The molecular formula is C19H31NO. The van der Waals surface area contributed by atoms with Crippen molar-refractivity contribution in [1.82, 2.24) is 5.32 Å². The molecule has 0 aliphatic heterocycles. The van der Waals surface area contributed by atoms with Crippen LogP contribution in [0.3, 0.4) is 0 Å². The van der Waals surface area contributed by atoms with Gasteiger partial charge in [0.1, 0.15) is 5.75 Å². The maximum Gasteiger partial charge on any atom is 0.118 e. The second kappa shape index (κ2) is 8.43. The Morgan fingerprint density at radius 2 is 1.76 bits per heavy atom. The number of hydrogen-bond donors (Lipinski definition) is 1. The summed E-state index contributed by atoms with van der Waals surface area (Å²) >= 11 is 0. The third kappa shape index (κ3) is 5.03.